The van der Waals surface area contributed by atoms with Gasteiger partial charge in [-0.2, -0.15) is 0 Å². The molecule has 4 rings (SSSR count). The number of H-pyrrole nitrogens is 2. The van der Waals surface area contributed by atoms with Gasteiger partial charge in [-0.15, -0.1) is 0 Å². The maximum Gasteiger partial charge on any atom is 0.332 e. The topological polar surface area (TPSA) is 105 Å². The van der Waals surface area contributed by atoms with Crippen LogP contribution in [-0.2, 0) is 9.53 Å². The number of aromatic nitrogens is 4. The number of carbonyl (C=O) groups excluding carboxylic acids is 1. The predicted octanol–water partition coefficient (Wildman–Crippen LogP) is 2.68. The second kappa shape index (κ2) is 7.07. The average Bonchev–Trinajstić information content (AvgIpc) is 3.31. The smallest absolute Gasteiger partial charge is 0.332 e. The molecule has 8 nitrogen and oxygen atoms in total. The van der Waals surface area contributed by atoms with Crippen molar-refractivity contribution < 1.29 is 9.53 Å². The molecule has 0 saturated carbocycles. The number of ether oxygens (including phenoxy) is 1. The van der Waals surface area contributed by atoms with Gasteiger partial charge in [0.2, 0.25) is 0 Å². The Morgan fingerprint density at radius 3 is 2.75 bits per heavy atom. The first kappa shape index (κ1) is 17.6. The van der Waals surface area contributed by atoms with Crippen LogP contribution in [0.2, 0.25) is 0 Å². The molecule has 2 aromatic heterocycles. The van der Waals surface area contributed by atoms with Crippen LogP contribution in [0.15, 0.2) is 59.7 Å². The molecule has 0 fully saturated rings. The summed E-state index contributed by atoms with van der Waals surface area (Å²) in [5.74, 6) is 0.0188. The Morgan fingerprint density at radius 1 is 1.21 bits per heavy atom. The number of carbonyl (C=O) groups is 1. The molecule has 2 aromatic carbocycles. The Morgan fingerprint density at radius 2 is 2.00 bits per heavy atom. The van der Waals surface area contributed by atoms with Crippen molar-refractivity contribution in [2.75, 3.05) is 12.4 Å². The number of benzene rings is 2. The molecule has 28 heavy (non-hydrogen) atoms. The Balaban J connectivity index is 1.90. The molecule has 0 aliphatic rings. The number of rotatable bonds is 5. The summed E-state index contributed by atoms with van der Waals surface area (Å²) >= 11 is 0. The minimum Gasteiger partial charge on any atom is -0.467 e. The number of hydrogen-bond donors (Lipinski definition) is 3. The van der Waals surface area contributed by atoms with Crippen molar-refractivity contribution in [3.63, 3.8) is 0 Å². The molecular weight excluding hydrogens is 358 g/mol. The lowest BCUT2D eigenvalue weighted by molar-refractivity contribution is -0.141. The fraction of sp³-hybridized carbons (Fsp3) is 0.150. The molecule has 0 amide bonds. The number of fused-ring (bicyclic) bond motifs is 1. The van der Waals surface area contributed by atoms with E-state index in [-0.39, 0.29) is 5.69 Å². The lowest BCUT2D eigenvalue weighted by atomic mass is 10.1. The third-order valence-electron chi connectivity index (χ3n) is 4.52. The monoisotopic (exact) mass is 377 g/mol. The minimum atomic E-state index is -0.631. The van der Waals surface area contributed by atoms with Gasteiger partial charge in [0.15, 0.2) is 0 Å². The molecule has 0 aliphatic carbocycles. The Kier molecular flexibility index (Phi) is 4.44. The lowest BCUT2D eigenvalue weighted by Gasteiger charge is -2.14. The molecular formula is C20H19N5O3. The van der Waals surface area contributed by atoms with E-state index >= 15 is 0 Å². The van der Waals surface area contributed by atoms with E-state index in [2.05, 4.69) is 20.3 Å². The van der Waals surface area contributed by atoms with Crippen LogP contribution in [0.25, 0.3) is 28.0 Å². The number of anilines is 1. The SMILES string of the molecule is COC(=O)C(C)Nc1[nH]c(=O)n(-c2ccc3nc[nH]c3c2)c1-c1ccccc1. The van der Waals surface area contributed by atoms with E-state index in [1.54, 1.807) is 17.8 Å². The number of nitrogens with one attached hydrogen (secondary N) is 3. The van der Waals surface area contributed by atoms with Gasteiger partial charge >= 0.3 is 11.7 Å². The van der Waals surface area contributed by atoms with Gasteiger partial charge in [0.05, 0.1) is 35.9 Å². The third-order valence-corrected chi connectivity index (χ3v) is 4.52. The second-order valence-electron chi connectivity index (χ2n) is 6.35. The van der Waals surface area contributed by atoms with Crippen LogP contribution in [0.3, 0.4) is 0 Å². The van der Waals surface area contributed by atoms with Crippen LogP contribution in [0.4, 0.5) is 5.82 Å². The Bertz CT molecular complexity index is 1190. The highest BCUT2D eigenvalue weighted by atomic mass is 16.5. The summed E-state index contributed by atoms with van der Waals surface area (Å²) in [6.07, 6.45) is 1.61. The largest absolute Gasteiger partial charge is 0.467 e. The summed E-state index contributed by atoms with van der Waals surface area (Å²) in [5.41, 5.74) is 3.44. The molecule has 0 aliphatic heterocycles. The minimum absolute atomic E-state index is 0.322. The lowest BCUT2D eigenvalue weighted by Crippen LogP contribution is -2.27. The standard InChI is InChI=1S/C20H19N5O3/c1-12(19(26)28-2)23-18-17(13-6-4-3-5-7-13)25(20(27)24-18)14-8-9-15-16(10-14)22-11-21-15/h3-12,23H,1-2H3,(H,21,22)(H,24,27). The first-order chi connectivity index (χ1) is 13.6. The Hall–Kier alpha value is -3.81. The number of esters is 1. The summed E-state index contributed by atoms with van der Waals surface area (Å²) in [6, 6.07) is 14.4. The number of methoxy groups -OCH3 is 1. The first-order valence-corrected chi connectivity index (χ1v) is 8.77. The normalized spacial score (nSPS) is 12.1. The second-order valence-corrected chi connectivity index (χ2v) is 6.35. The fourth-order valence-corrected chi connectivity index (χ4v) is 3.17. The maximum atomic E-state index is 12.9. The van der Waals surface area contributed by atoms with Crippen molar-refractivity contribution in [3.05, 3.63) is 65.3 Å². The van der Waals surface area contributed by atoms with Crippen LogP contribution in [-0.4, -0.2) is 38.6 Å². The highest BCUT2D eigenvalue weighted by Gasteiger charge is 2.21. The molecule has 4 aromatic rings. The van der Waals surface area contributed by atoms with Gasteiger partial charge in [0.25, 0.3) is 0 Å². The van der Waals surface area contributed by atoms with Gasteiger partial charge in [0.1, 0.15) is 11.9 Å². The zero-order valence-electron chi connectivity index (χ0n) is 15.4. The molecule has 142 valence electrons. The third kappa shape index (κ3) is 3.05. The van der Waals surface area contributed by atoms with Crippen molar-refractivity contribution in [1.82, 2.24) is 19.5 Å². The van der Waals surface area contributed by atoms with E-state index in [0.29, 0.717) is 17.2 Å². The molecule has 0 radical (unpaired) electrons. The van der Waals surface area contributed by atoms with Gasteiger partial charge in [-0.05, 0) is 25.1 Å². The Labute approximate surface area is 160 Å². The van der Waals surface area contributed by atoms with Crippen molar-refractivity contribution in [3.8, 4) is 16.9 Å². The molecule has 1 unspecified atom stereocenters. The van der Waals surface area contributed by atoms with Gasteiger partial charge in [-0.3, -0.25) is 9.55 Å². The van der Waals surface area contributed by atoms with Gasteiger partial charge < -0.3 is 15.0 Å². The molecule has 0 spiro atoms. The summed E-state index contributed by atoms with van der Waals surface area (Å²) in [7, 11) is 1.33. The van der Waals surface area contributed by atoms with E-state index < -0.39 is 12.0 Å². The zero-order chi connectivity index (χ0) is 19.7. The fourth-order valence-electron chi connectivity index (χ4n) is 3.17. The van der Waals surface area contributed by atoms with Gasteiger partial charge in [0, 0.05) is 5.56 Å². The highest BCUT2D eigenvalue weighted by Crippen LogP contribution is 2.29. The molecule has 8 heteroatoms. The molecule has 0 saturated heterocycles. The van der Waals surface area contributed by atoms with Crippen LogP contribution in [0, 0.1) is 0 Å². The van der Waals surface area contributed by atoms with E-state index in [9.17, 15) is 9.59 Å². The summed E-state index contributed by atoms with van der Waals surface area (Å²) in [5, 5.41) is 3.05. The first-order valence-electron chi connectivity index (χ1n) is 8.77. The van der Waals surface area contributed by atoms with E-state index in [1.807, 2.05) is 48.5 Å². The van der Waals surface area contributed by atoms with E-state index in [1.165, 1.54) is 7.11 Å². The molecule has 2 heterocycles. The van der Waals surface area contributed by atoms with Gasteiger partial charge in [-0.25, -0.2) is 14.6 Å². The maximum absolute atomic E-state index is 12.9. The molecule has 1 atom stereocenters. The summed E-state index contributed by atoms with van der Waals surface area (Å²) in [6.45, 7) is 1.67. The van der Waals surface area contributed by atoms with Crippen LogP contribution < -0.4 is 11.0 Å². The van der Waals surface area contributed by atoms with Crippen molar-refractivity contribution in [1.29, 1.82) is 0 Å². The van der Waals surface area contributed by atoms with E-state index in [4.69, 9.17) is 4.74 Å². The quantitative estimate of drug-likeness (QED) is 0.464. The van der Waals surface area contributed by atoms with Gasteiger partial charge in [-0.1, -0.05) is 30.3 Å². The highest BCUT2D eigenvalue weighted by molar-refractivity contribution is 5.83. The van der Waals surface area contributed by atoms with Crippen molar-refractivity contribution >= 4 is 22.8 Å². The summed E-state index contributed by atoms with van der Waals surface area (Å²) < 4.78 is 6.35. The number of hydrogen-bond acceptors (Lipinski definition) is 5. The van der Waals surface area contributed by atoms with Crippen molar-refractivity contribution in [2.24, 2.45) is 0 Å². The number of imidazole rings is 2. The van der Waals surface area contributed by atoms with E-state index in [0.717, 1.165) is 16.6 Å². The van der Waals surface area contributed by atoms with Crippen molar-refractivity contribution in [2.45, 2.75) is 13.0 Å². The molecule has 0 bridgehead atoms. The molecule has 3 N–H and O–H groups in total. The summed E-state index contributed by atoms with van der Waals surface area (Å²) in [4.78, 5) is 34.8. The predicted molar refractivity (Wildman–Crippen MR) is 107 cm³/mol. The number of nitrogens with zero attached hydrogens (tertiary/aromatic N) is 2. The van der Waals surface area contributed by atoms with Crippen LogP contribution in [0.5, 0.6) is 0 Å². The average molecular weight is 377 g/mol. The zero-order valence-corrected chi connectivity index (χ0v) is 15.4. The van der Waals surface area contributed by atoms with Crippen LogP contribution in [0.1, 0.15) is 6.92 Å². The number of aromatic amines is 2. The van der Waals surface area contributed by atoms with Crippen LogP contribution >= 0.6 is 0 Å².